The van der Waals surface area contributed by atoms with E-state index in [0.29, 0.717) is 0 Å². The molecule has 1 aliphatic heterocycles. The number of unbranched alkanes of at least 4 members (excludes halogenated alkanes) is 6. The Hall–Kier alpha value is -1.12. The number of rotatable bonds is 14. The first-order valence-corrected chi connectivity index (χ1v) is 9.83. The summed E-state index contributed by atoms with van der Waals surface area (Å²) in [5, 5.41) is 0. The third-order valence-corrected chi connectivity index (χ3v) is 4.58. The summed E-state index contributed by atoms with van der Waals surface area (Å²) in [5.74, 6) is 0. The summed E-state index contributed by atoms with van der Waals surface area (Å²) in [7, 11) is 0. The quantitative estimate of drug-likeness (QED) is 0.319. The van der Waals surface area contributed by atoms with Gasteiger partial charge in [-0.25, -0.2) is 0 Å². The predicted molar refractivity (Wildman–Crippen MR) is 108 cm³/mol. The second kappa shape index (κ2) is 15.4. The first-order valence-electron chi connectivity index (χ1n) is 9.83. The highest BCUT2D eigenvalue weighted by molar-refractivity contribution is 4.89. The highest BCUT2D eigenvalue weighted by Crippen LogP contribution is 2.05. The van der Waals surface area contributed by atoms with E-state index in [0.717, 1.165) is 25.9 Å². The maximum Gasteiger partial charge on any atom is 0.0164 e. The molecule has 0 bridgehead atoms. The van der Waals surface area contributed by atoms with Gasteiger partial charge in [-0.2, -0.15) is 0 Å². The molecular formula is C22H38N2. The van der Waals surface area contributed by atoms with Crippen molar-refractivity contribution in [3.05, 3.63) is 49.6 Å². The van der Waals surface area contributed by atoms with Crippen LogP contribution in [0.4, 0.5) is 0 Å². The summed E-state index contributed by atoms with van der Waals surface area (Å²) >= 11 is 0. The minimum atomic E-state index is 1.12. The molecule has 1 saturated heterocycles. The maximum absolute atomic E-state index is 3.76. The van der Waals surface area contributed by atoms with Crippen molar-refractivity contribution in [2.24, 2.45) is 0 Å². The van der Waals surface area contributed by atoms with Crippen molar-refractivity contribution in [2.75, 3.05) is 39.3 Å². The molecule has 0 N–H and O–H groups in total. The second-order valence-electron chi connectivity index (χ2n) is 6.69. The average molecular weight is 331 g/mol. The molecule has 2 nitrogen and oxygen atoms in total. The minimum Gasteiger partial charge on any atom is -0.297 e. The van der Waals surface area contributed by atoms with Crippen LogP contribution in [0.5, 0.6) is 0 Å². The zero-order valence-electron chi connectivity index (χ0n) is 15.7. The third kappa shape index (κ3) is 11.4. The number of nitrogens with zero attached hydrogens (tertiary/aromatic N) is 2. The van der Waals surface area contributed by atoms with Gasteiger partial charge in [-0.3, -0.25) is 9.80 Å². The molecule has 1 fully saturated rings. The summed E-state index contributed by atoms with van der Waals surface area (Å²) in [6, 6.07) is 0. The minimum absolute atomic E-state index is 1.12. The van der Waals surface area contributed by atoms with Crippen LogP contribution < -0.4 is 0 Å². The van der Waals surface area contributed by atoms with Crippen molar-refractivity contribution >= 4 is 0 Å². The lowest BCUT2D eigenvalue weighted by atomic mass is 10.2. The fourth-order valence-electron chi connectivity index (χ4n) is 2.94. The van der Waals surface area contributed by atoms with Crippen LogP contribution in [0.2, 0.25) is 0 Å². The number of hydrogen-bond acceptors (Lipinski definition) is 2. The largest absolute Gasteiger partial charge is 0.297 e. The van der Waals surface area contributed by atoms with Crippen molar-refractivity contribution < 1.29 is 0 Å². The molecule has 2 heteroatoms. The van der Waals surface area contributed by atoms with E-state index in [1.165, 1.54) is 64.7 Å². The summed E-state index contributed by atoms with van der Waals surface area (Å²) in [4.78, 5) is 5.13. The van der Waals surface area contributed by atoms with E-state index >= 15 is 0 Å². The molecule has 1 aliphatic rings. The van der Waals surface area contributed by atoms with Crippen molar-refractivity contribution in [3.8, 4) is 0 Å². The molecule has 0 aromatic heterocycles. The molecule has 0 aromatic carbocycles. The van der Waals surface area contributed by atoms with Crippen molar-refractivity contribution in [1.82, 2.24) is 9.80 Å². The van der Waals surface area contributed by atoms with Crippen molar-refractivity contribution in [3.63, 3.8) is 0 Å². The summed E-state index contributed by atoms with van der Waals surface area (Å²) in [6.07, 6.45) is 23.3. The molecule has 0 unspecified atom stereocenters. The first kappa shape index (κ1) is 20.9. The molecule has 0 saturated carbocycles. The predicted octanol–water partition coefficient (Wildman–Crippen LogP) is 5.21. The molecule has 0 radical (unpaired) electrons. The molecule has 136 valence electrons. The summed E-state index contributed by atoms with van der Waals surface area (Å²) in [6.45, 7) is 14.6. The normalized spacial score (nSPS) is 17.0. The Morgan fingerprint density at radius 1 is 0.542 bits per heavy atom. The molecule has 0 aromatic rings. The van der Waals surface area contributed by atoms with Gasteiger partial charge in [-0.15, -0.1) is 13.2 Å². The van der Waals surface area contributed by atoms with E-state index in [-0.39, 0.29) is 0 Å². The van der Waals surface area contributed by atoms with E-state index in [1.807, 2.05) is 12.2 Å². The topological polar surface area (TPSA) is 6.48 Å². The van der Waals surface area contributed by atoms with Gasteiger partial charge in [0.1, 0.15) is 0 Å². The van der Waals surface area contributed by atoms with Crippen LogP contribution in [0.3, 0.4) is 0 Å². The Labute approximate surface area is 150 Å². The lowest BCUT2D eigenvalue weighted by Crippen LogP contribution is -2.46. The molecule has 24 heavy (non-hydrogen) atoms. The molecule has 1 heterocycles. The van der Waals surface area contributed by atoms with Crippen LogP contribution in [0, 0.1) is 0 Å². The monoisotopic (exact) mass is 330 g/mol. The second-order valence-corrected chi connectivity index (χ2v) is 6.69. The zero-order valence-corrected chi connectivity index (χ0v) is 15.7. The number of allylic oxidation sites excluding steroid dienone is 4. The van der Waals surface area contributed by atoms with E-state index in [4.69, 9.17) is 0 Å². The van der Waals surface area contributed by atoms with Gasteiger partial charge in [0.2, 0.25) is 0 Å². The highest BCUT2D eigenvalue weighted by Gasteiger charge is 2.14. The lowest BCUT2D eigenvalue weighted by Gasteiger charge is -2.33. The van der Waals surface area contributed by atoms with Crippen LogP contribution in [0.1, 0.15) is 51.4 Å². The molecule has 0 aliphatic carbocycles. The molecule has 0 spiro atoms. The SMILES string of the molecule is C=CCCCCC=CCN1CCN(CC=CCCCCC=C)CC1. The Balaban J connectivity index is 1.99. The van der Waals surface area contributed by atoms with Crippen LogP contribution in [0.25, 0.3) is 0 Å². The van der Waals surface area contributed by atoms with Gasteiger partial charge >= 0.3 is 0 Å². The van der Waals surface area contributed by atoms with Gasteiger partial charge in [0.05, 0.1) is 0 Å². The third-order valence-electron chi connectivity index (χ3n) is 4.58. The lowest BCUT2D eigenvalue weighted by molar-refractivity contribution is 0.153. The highest BCUT2D eigenvalue weighted by atomic mass is 15.3. The van der Waals surface area contributed by atoms with Crippen molar-refractivity contribution in [2.45, 2.75) is 51.4 Å². The van der Waals surface area contributed by atoms with Crippen LogP contribution >= 0.6 is 0 Å². The van der Waals surface area contributed by atoms with Gasteiger partial charge < -0.3 is 0 Å². The summed E-state index contributed by atoms with van der Waals surface area (Å²) < 4.78 is 0. The Morgan fingerprint density at radius 2 is 0.917 bits per heavy atom. The molecule has 1 rings (SSSR count). The van der Waals surface area contributed by atoms with Crippen LogP contribution in [0.15, 0.2) is 49.6 Å². The molecular weight excluding hydrogens is 292 g/mol. The molecule has 0 amide bonds. The fourth-order valence-corrected chi connectivity index (χ4v) is 2.94. The average Bonchev–Trinajstić information content (AvgIpc) is 2.61. The number of piperazine rings is 1. The Morgan fingerprint density at radius 3 is 1.29 bits per heavy atom. The summed E-state index contributed by atoms with van der Waals surface area (Å²) in [5.41, 5.74) is 0. The Bertz CT molecular complexity index is 326. The fraction of sp³-hybridized carbons (Fsp3) is 0.636. The maximum atomic E-state index is 3.76. The molecule has 0 atom stereocenters. The van der Waals surface area contributed by atoms with E-state index < -0.39 is 0 Å². The van der Waals surface area contributed by atoms with Gasteiger partial charge in [-0.1, -0.05) is 36.5 Å². The van der Waals surface area contributed by atoms with Gasteiger partial charge in [0, 0.05) is 39.3 Å². The zero-order chi connectivity index (χ0) is 17.3. The van der Waals surface area contributed by atoms with Gasteiger partial charge in [0.25, 0.3) is 0 Å². The van der Waals surface area contributed by atoms with Crippen LogP contribution in [-0.2, 0) is 0 Å². The smallest absolute Gasteiger partial charge is 0.0164 e. The Kier molecular flexibility index (Phi) is 13.4. The van der Waals surface area contributed by atoms with E-state index in [2.05, 4.69) is 47.3 Å². The van der Waals surface area contributed by atoms with Crippen LogP contribution in [-0.4, -0.2) is 49.1 Å². The van der Waals surface area contributed by atoms with Gasteiger partial charge in [0.15, 0.2) is 0 Å². The van der Waals surface area contributed by atoms with Gasteiger partial charge in [-0.05, 0) is 51.4 Å². The van der Waals surface area contributed by atoms with E-state index in [1.54, 1.807) is 0 Å². The van der Waals surface area contributed by atoms with E-state index in [9.17, 15) is 0 Å². The first-order chi connectivity index (χ1) is 11.9. The van der Waals surface area contributed by atoms with Crippen molar-refractivity contribution in [1.29, 1.82) is 0 Å². The standard InChI is InChI=1S/C22H38N2/c1-3-5-7-9-11-13-15-17-23-19-21-24(22-20-23)18-16-14-12-10-8-6-4-2/h3-4,13-16H,1-2,5-12,17-22H2. The number of hydrogen-bond donors (Lipinski definition) is 0.